The van der Waals surface area contributed by atoms with Gasteiger partial charge in [-0.1, -0.05) is 29.3 Å². The molecule has 0 radical (unpaired) electrons. The van der Waals surface area contributed by atoms with Crippen molar-refractivity contribution >= 4 is 45.8 Å². The van der Waals surface area contributed by atoms with Crippen LogP contribution in [0.1, 0.15) is 5.56 Å². The van der Waals surface area contributed by atoms with Gasteiger partial charge >= 0.3 is 6.03 Å². The predicted molar refractivity (Wildman–Crippen MR) is 122 cm³/mol. The van der Waals surface area contributed by atoms with E-state index in [-0.39, 0.29) is 6.03 Å². The third kappa shape index (κ3) is 5.26. The largest absolute Gasteiger partial charge is 0.379 e. The lowest BCUT2D eigenvalue weighted by molar-refractivity contribution is 0.0365. The number of hydrogen-bond acceptors (Lipinski definition) is 3. The van der Waals surface area contributed by atoms with Gasteiger partial charge in [0, 0.05) is 65.6 Å². The number of benzene rings is 2. The van der Waals surface area contributed by atoms with Crippen molar-refractivity contribution in [3.05, 3.63) is 64.3 Å². The summed E-state index contributed by atoms with van der Waals surface area (Å²) in [5.41, 5.74) is 2.71. The van der Waals surface area contributed by atoms with E-state index in [2.05, 4.69) is 32.4 Å². The zero-order valence-corrected chi connectivity index (χ0v) is 18.0. The van der Waals surface area contributed by atoms with E-state index in [4.69, 9.17) is 27.9 Å². The highest BCUT2D eigenvalue weighted by molar-refractivity contribution is 6.35. The molecule has 1 aromatic heterocycles. The summed E-state index contributed by atoms with van der Waals surface area (Å²) in [6.45, 7) is 5.86. The lowest BCUT2D eigenvalue weighted by Crippen LogP contribution is -2.38. The smallest absolute Gasteiger partial charge is 0.319 e. The predicted octanol–water partition coefficient (Wildman–Crippen LogP) is 4.60. The minimum absolute atomic E-state index is 0.285. The van der Waals surface area contributed by atoms with Gasteiger partial charge in [0.2, 0.25) is 0 Å². The molecule has 0 atom stereocenters. The van der Waals surface area contributed by atoms with E-state index < -0.39 is 0 Å². The van der Waals surface area contributed by atoms with Crippen LogP contribution in [0.5, 0.6) is 0 Å². The Morgan fingerprint density at radius 2 is 1.87 bits per heavy atom. The molecule has 0 unspecified atom stereocenters. The van der Waals surface area contributed by atoms with Crippen LogP contribution in [0, 0.1) is 0 Å². The van der Waals surface area contributed by atoms with Gasteiger partial charge in [-0.2, -0.15) is 0 Å². The Morgan fingerprint density at radius 1 is 1.03 bits per heavy atom. The average molecular weight is 447 g/mol. The van der Waals surface area contributed by atoms with Gasteiger partial charge < -0.3 is 19.9 Å². The van der Waals surface area contributed by atoms with Crippen LogP contribution < -0.4 is 10.6 Å². The van der Waals surface area contributed by atoms with Gasteiger partial charge in [0.15, 0.2) is 0 Å². The number of aromatic nitrogens is 1. The quantitative estimate of drug-likeness (QED) is 0.581. The minimum Gasteiger partial charge on any atom is -0.379 e. The molecule has 0 spiro atoms. The summed E-state index contributed by atoms with van der Waals surface area (Å²) in [5.74, 6) is 0. The molecule has 8 heteroatoms. The van der Waals surface area contributed by atoms with Crippen molar-refractivity contribution in [3.8, 4) is 0 Å². The molecule has 1 aliphatic rings. The summed E-state index contributed by atoms with van der Waals surface area (Å²) < 4.78 is 7.65. The Bertz CT molecular complexity index is 1030. The number of carbonyl (C=O) groups is 1. The van der Waals surface area contributed by atoms with E-state index in [0.29, 0.717) is 16.6 Å². The zero-order chi connectivity index (χ0) is 20.9. The molecule has 158 valence electrons. The van der Waals surface area contributed by atoms with Crippen LogP contribution in [-0.2, 0) is 17.8 Å². The fourth-order valence-corrected chi connectivity index (χ4v) is 4.04. The number of morpholine rings is 1. The first-order valence-electron chi connectivity index (χ1n) is 9.96. The van der Waals surface area contributed by atoms with E-state index in [9.17, 15) is 4.79 Å². The number of nitrogens with one attached hydrogen (secondary N) is 2. The van der Waals surface area contributed by atoms with Gasteiger partial charge in [-0.3, -0.25) is 4.90 Å². The number of amides is 2. The van der Waals surface area contributed by atoms with Gasteiger partial charge in [-0.15, -0.1) is 0 Å². The molecule has 2 N–H and O–H groups in total. The van der Waals surface area contributed by atoms with Crippen molar-refractivity contribution in [3.63, 3.8) is 0 Å². The molecule has 3 aromatic rings. The maximum atomic E-state index is 12.3. The van der Waals surface area contributed by atoms with E-state index in [1.165, 1.54) is 0 Å². The Labute approximate surface area is 185 Å². The molecule has 0 saturated carbocycles. The van der Waals surface area contributed by atoms with Crippen molar-refractivity contribution in [2.45, 2.75) is 13.1 Å². The Hall–Kier alpha value is -2.25. The van der Waals surface area contributed by atoms with E-state index >= 15 is 0 Å². The molecular formula is C22H24Cl2N4O2. The summed E-state index contributed by atoms with van der Waals surface area (Å²) in [5, 5.41) is 7.89. The third-order valence-electron chi connectivity index (χ3n) is 5.24. The van der Waals surface area contributed by atoms with Crippen LogP contribution >= 0.6 is 23.2 Å². The normalized spacial score (nSPS) is 14.7. The molecule has 2 aromatic carbocycles. The number of nitrogens with zero attached hydrogens (tertiary/aromatic N) is 2. The first-order valence-corrected chi connectivity index (χ1v) is 10.7. The van der Waals surface area contributed by atoms with Crippen LogP contribution in [0.2, 0.25) is 10.0 Å². The van der Waals surface area contributed by atoms with Gasteiger partial charge in [0.25, 0.3) is 0 Å². The van der Waals surface area contributed by atoms with Crippen LogP contribution in [0.4, 0.5) is 10.5 Å². The number of rotatable bonds is 6. The monoisotopic (exact) mass is 446 g/mol. The zero-order valence-electron chi connectivity index (χ0n) is 16.5. The fraction of sp³-hybridized carbons (Fsp3) is 0.318. The lowest BCUT2D eigenvalue weighted by atomic mass is 10.2. The Balaban J connectivity index is 1.33. The Kier molecular flexibility index (Phi) is 6.79. The van der Waals surface area contributed by atoms with E-state index in [1.807, 2.05) is 18.2 Å². The fourth-order valence-electron chi connectivity index (χ4n) is 3.56. The first kappa shape index (κ1) is 21.0. The third-order valence-corrected chi connectivity index (χ3v) is 5.83. The second kappa shape index (κ2) is 9.71. The second-order valence-corrected chi connectivity index (χ2v) is 8.12. The number of fused-ring (bicyclic) bond motifs is 1. The van der Waals surface area contributed by atoms with Crippen molar-refractivity contribution in [1.82, 2.24) is 14.8 Å². The molecule has 30 heavy (non-hydrogen) atoms. The van der Waals surface area contributed by atoms with Gasteiger partial charge in [0.05, 0.1) is 13.2 Å². The number of hydrogen-bond donors (Lipinski definition) is 2. The van der Waals surface area contributed by atoms with Crippen molar-refractivity contribution in [1.29, 1.82) is 0 Å². The van der Waals surface area contributed by atoms with Gasteiger partial charge in [-0.25, -0.2) is 4.79 Å². The standard InChI is InChI=1S/C22H24Cl2N4O2/c23-18-2-1-17(20(24)14-18)15-25-22(29)26-19-3-4-21-16(13-19)5-6-28(21)8-7-27-9-11-30-12-10-27/h1-6,13-14H,7-12,15H2,(H2,25,26,29). The van der Waals surface area contributed by atoms with Gasteiger partial charge in [0.1, 0.15) is 0 Å². The Morgan fingerprint density at radius 3 is 2.67 bits per heavy atom. The summed E-state index contributed by atoms with van der Waals surface area (Å²) in [4.78, 5) is 14.7. The minimum atomic E-state index is -0.285. The summed E-state index contributed by atoms with van der Waals surface area (Å²) >= 11 is 12.1. The molecule has 2 heterocycles. The molecule has 2 amide bonds. The maximum absolute atomic E-state index is 12.3. The molecule has 0 aliphatic carbocycles. The van der Waals surface area contributed by atoms with Crippen LogP contribution in [-0.4, -0.2) is 48.3 Å². The maximum Gasteiger partial charge on any atom is 0.319 e. The van der Waals surface area contributed by atoms with Crippen molar-refractivity contribution in [2.24, 2.45) is 0 Å². The molecule has 6 nitrogen and oxygen atoms in total. The summed E-state index contributed by atoms with van der Waals surface area (Å²) in [6.07, 6.45) is 2.09. The molecular weight excluding hydrogens is 423 g/mol. The number of urea groups is 1. The van der Waals surface area contributed by atoms with Crippen LogP contribution in [0.25, 0.3) is 10.9 Å². The van der Waals surface area contributed by atoms with Crippen molar-refractivity contribution < 1.29 is 9.53 Å². The second-order valence-electron chi connectivity index (χ2n) is 7.28. The van der Waals surface area contributed by atoms with Gasteiger partial charge in [-0.05, 0) is 42.0 Å². The summed E-state index contributed by atoms with van der Waals surface area (Å²) in [6, 6.07) is 12.9. The first-order chi connectivity index (χ1) is 14.6. The molecule has 4 rings (SSSR count). The van der Waals surface area contributed by atoms with Crippen LogP contribution in [0.15, 0.2) is 48.7 Å². The van der Waals surface area contributed by atoms with E-state index in [1.54, 1.807) is 18.2 Å². The number of carbonyl (C=O) groups excluding carboxylic acids is 1. The number of anilines is 1. The molecule has 0 bridgehead atoms. The highest BCUT2D eigenvalue weighted by atomic mass is 35.5. The molecule has 1 aliphatic heterocycles. The van der Waals surface area contributed by atoms with E-state index in [0.717, 1.165) is 61.5 Å². The highest BCUT2D eigenvalue weighted by Crippen LogP contribution is 2.22. The average Bonchev–Trinajstić information content (AvgIpc) is 3.14. The number of halogens is 2. The lowest BCUT2D eigenvalue weighted by Gasteiger charge is -2.26. The SMILES string of the molecule is O=C(NCc1ccc(Cl)cc1Cl)Nc1ccc2c(ccn2CCN2CCOCC2)c1. The summed E-state index contributed by atoms with van der Waals surface area (Å²) in [7, 11) is 0. The molecule has 1 fully saturated rings. The highest BCUT2D eigenvalue weighted by Gasteiger charge is 2.11. The topological polar surface area (TPSA) is 58.5 Å². The molecule has 1 saturated heterocycles. The van der Waals surface area contributed by atoms with Crippen molar-refractivity contribution in [2.75, 3.05) is 38.2 Å². The number of ether oxygens (including phenoxy) is 1. The van der Waals surface area contributed by atoms with Crippen LogP contribution in [0.3, 0.4) is 0 Å².